The van der Waals surface area contributed by atoms with E-state index in [2.05, 4.69) is 31.5 Å². The number of carbonyl (C=O) groups is 4. The Hall–Kier alpha value is -1.86. The quantitative estimate of drug-likeness (QED) is 0.447. The summed E-state index contributed by atoms with van der Waals surface area (Å²) in [7, 11) is 0. The average Bonchev–Trinajstić information content (AvgIpc) is 2.97. The Kier molecular flexibility index (Phi) is 10.1. The van der Waals surface area contributed by atoms with E-state index in [1.165, 1.54) is 11.3 Å². The first-order valence-corrected chi connectivity index (χ1v) is 10.7. The van der Waals surface area contributed by atoms with Crippen molar-refractivity contribution in [3.8, 4) is 0 Å². The van der Waals surface area contributed by atoms with Gasteiger partial charge in [-0.25, -0.2) is 9.59 Å². The molecule has 0 unspecified atom stereocenters. The van der Waals surface area contributed by atoms with Crippen LogP contribution in [0.4, 0.5) is 9.59 Å². The molecule has 0 aliphatic rings. The molecule has 1 rings (SSSR count). The molecular formula is C14H22N6O4S3. The molecule has 13 heteroatoms. The van der Waals surface area contributed by atoms with Gasteiger partial charge < -0.3 is 10.6 Å². The minimum atomic E-state index is -0.545. The van der Waals surface area contributed by atoms with E-state index in [1.54, 1.807) is 27.7 Å². The number of urea groups is 2. The highest BCUT2D eigenvalue weighted by Crippen LogP contribution is 2.28. The third-order valence-electron chi connectivity index (χ3n) is 2.39. The summed E-state index contributed by atoms with van der Waals surface area (Å²) in [5.74, 6) is -0.863. The molecule has 0 aliphatic heterocycles. The van der Waals surface area contributed by atoms with Gasteiger partial charge in [0.15, 0.2) is 8.68 Å². The van der Waals surface area contributed by atoms with Gasteiger partial charge >= 0.3 is 12.1 Å². The van der Waals surface area contributed by atoms with Gasteiger partial charge in [-0.2, -0.15) is 0 Å². The van der Waals surface area contributed by atoms with Crippen LogP contribution in [0.25, 0.3) is 0 Å². The van der Waals surface area contributed by atoms with Crippen LogP contribution in [0, 0.1) is 0 Å². The van der Waals surface area contributed by atoms with Crippen LogP contribution in [0.15, 0.2) is 8.68 Å². The Morgan fingerprint density at radius 1 is 0.815 bits per heavy atom. The summed E-state index contributed by atoms with van der Waals surface area (Å²) in [6, 6.07) is -1.23. The number of carbonyl (C=O) groups excluding carboxylic acids is 4. The van der Waals surface area contributed by atoms with Crippen LogP contribution in [-0.4, -0.2) is 57.7 Å². The lowest BCUT2D eigenvalue weighted by Crippen LogP contribution is -2.43. The lowest BCUT2D eigenvalue weighted by atomic mass is 10.4. The lowest BCUT2D eigenvalue weighted by molar-refractivity contribution is -0.118. The molecule has 0 aliphatic carbocycles. The average molecular weight is 435 g/mol. The molecule has 4 N–H and O–H groups in total. The topological polar surface area (TPSA) is 142 Å². The number of rotatable bonds is 8. The predicted octanol–water partition coefficient (Wildman–Crippen LogP) is 1.19. The molecule has 1 heterocycles. The fraction of sp³-hybridized carbons (Fsp3) is 0.571. The van der Waals surface area contributed by atoms with Crippen LogP contribution in [0.3, 0.4) is 0 Å². The zero-order valence-electron chi connectivity index (χ0n) is 15.3. The lowest BCUT2D eigenvalue weighted by Gasteiger charge is -2.08. The van der Waals surface area contributed by atoms with Crippen molar-refractivity contribution in [3.63, 3.8) is 0 Å². The van der Waals surface area contributed by atoms with Gasteiger partial charge in [-0.15, -0.1) is 10.2 Å². The molecule has 0 spiro atoms. The molecule has 0 bridgehead atoms. The van der Waals surface area contributed by atoms with Gasteiger partial charge in [-0.3, -0.25) is 20.2 Å². The number of hydrogen-bond acceptors (Lipinski definition) is 9. The number of imide groups is 2. The zero-order valence-corrected chi connectivity index (χ0v) is 17.8. The Labute approximate surface area is 169 Å². The maximum atomic E-state index is 11.7. The number of aromatic nitrogens is 2. The highest BCUT2D eigenvalue weighted by Gasteiger charge is 2.13. The SMILES string of the molecule is CC(C)NC(=O)NC(=O)CSc1nnc(SCC(=O)NC(=O)NC(C)C)s1. The summed E-state index contributed by atoms with van der Waals surface area (Å²) < 4.78 is 1.07. The summed E-state index contributed by atoms with van der Waals surface area (Å²) in [4.78, 5) is 46.2. The number of thioether (sulfide) groups is 2. The van der Waals surface area contributed by atoms with Gasteiger partial charge in [0.2, 0.25) is 11.8 Å². The van der Waals surface area contributed by atoms with Crippen LogP contribution in [0.5, 0.6) is 0 Å². The highest BCUT2D eigenvalue weighted by atomic mass is 32.2. The molecule has 10 nitrogen and oxygen atoms in total. The van der Waals surface area contributed by atoms with Crippen LogP contribution >= 0.6 is 34.9 Å². The van der Waals surface area contributed by atoms with E-state index >= 15 is 0 Å². The minimum Gasteiger partial charge on any atom is -0.336 e. The first kappa shape index (κ1) is 23.2. The van der Waals surface area contributed by atoms with E-state index in [9.17, 15) is 19.2 Å². The van der Waals surface area contributed by atoms with Crippen LogP contribution in [0.1, 0.15) is 27.7 Å². The summed E-state index contributed by atoms with van der Waals surface area (Å²) in [5, 5.41) is 17.4. The molecule has 6 amide bonds. The third-order valence-corrected chi connectivity index (χ3v) is 5.58. The summed E-state index contributed by atoms with van der Waals surface area (Å²) in [6.07, 6.45) is 0. The molecule has 150 valence electrons. The third kappa shape index (κ3) is 10.8. The van der Waals surface area contributed by atoms with E-state index in [-0.39, 0.29) is 23.6 Å². The van der Waals surface area contributed by atoms with Crippen LogP contribution in [0.2, 0.25) is 0 Å². The standard InChI is InChI=1S/C14H22N6O4S3/c1-7(2)15-11(23)17-9(21)5-25-13-19-20-14(27-13)26-6-10(22)18-12(24)16-8(3)4/h7-8H,5-6H2,1-4H3,(H2,15,17,21,23)(H2,16,18,22,24). The van der Waals surface area contributed by atoms with E-state index in [0.717, 1.165) is 23.5 Å². The van der Waals surface area contributed by atoms with E-state index in [0.29, 0.717) is 8.68 Å². The van der Waals surface area contributed by atoms with Crippen molar-refractivity contribution in [1.29, 1.82) is 0 Å². The van der Waals surface area contributed by atoms with Gasteiger partial charge in [0, 0.05) is 12.1 Å². The molecule has 27 heavy (non-hydrogen) atoms. The molecule has 0 saturated carbocycles. The first-order chi connectivity index (χ1) is 12.7. The summed E-state index contributed by atoms with van der Waals surface area (Å²) >= 11 is 3.49. The van der Waals surface area contributed by atoms with Crippen molar-refractivity contribution in [3.05, 3.63) is 0 Å². The Bertz CT molecular complexity index is 625. The van der Waals surface area contributed by atoms with Crippen molar-refractivity contribution >= 4 is 58.7 Å². The van der Waals surface area contributed by atoms with Crippen molar-refractivity contribution in [1.82, 2.24) is 31.5 Å². The summed E-state index contributed by atoms with van der Waals surface area (Å²) in [6.45, 7) is 7.15. The van der Waals surface area contributed by atoms with Gasteiger partial charge in [0.1, 0.15) is 0 Å². The van der Waals surface area contributed by atoms with E-state index < -0.39 is 23.9 Å². The second kappa shape index (κ2) is 11.8. The second-order valence-corrected chi connectivity index (χ2v) is 9.19. The maximum absolute atomic E-state index is 11.7. The minimum absolute atomic E-state index is 0.0146. The Morgan fingerprint density at radius 3 is 1.52 bits per heavy atom. The van der Waals surface area contributed by atoms with Crippen LogP contribution in [-0.2, 0) is 9.59 Å². The van der Waals surface area contributed by atoms with Gasteiger partial charge in [0.05, 0.1) is 11.5 Å². The van der Waals surface area contributed by atoms with E-state index in [4.69, 9.17) is 0 Å². The van der Waals surface area contributed by atoms with E-state index in [1.807, 2.05) is 0 Å². The Balaban J connectivity index is 2.32. The summed E-state index contributed by atoms with van der Waals surface area (Å²) in [5.41, 5.74) is 0. The van der Waals surface area contributed by atoms with Crippen molar-refractivity contribution in [2.75, 3.05) is 11.5 Å². The molecule has 0 radical (unpaired) electrons. The second-order valence-electron chi connectivity index (χ2n) is 5.76. The smallest absolute Gasteiger partial charge is 0.321 e. The predicted molar refractivity (Wildman–Crippen MR) is 105 cm³/mol. The monoisotopic (exact) mass is 434 g/mol. The zero-order chi connectivity index (χ0) is 20.4. The van der Waals surface area contributed by atoms with Gasteiger partial charge in [-0.1, -0.05) is 34.9 Å². The number of nitrogens with one attached hydrogen (secondary N) is 4. The van der Waals surface area contributed by atoms with Gasteiger partial charge in [0.25, 0.3) is 0 Å². The number of hydrogen-bond donors (Lipinski definition) is 4. The fourth-order valence-corrected chi connectivity index (χ4v) is 4.11. The Morgan fingerprint density at radius 2 is 1.19 bits per heavy atom. The number of nitrogens with zero attached hydrogens (tertiary/aromatic N) is 2. The van der Waals surface area contributed by atoms with Gasteiger partial charge in [-0.05, 0) is 27.7 Å². The maximum Gasteiger partial charge on any atom is 0.321 e. The molecule has 0 fully saturated rings. The van der Waals surface area contributed by atoms with Crippen LogP contribution < -0.4 is 21.3 Å². The first-order valence-electron chi connectivity index (χ1n) is 7.95. The normalized spacial score (nSPS) is 10.6. The van der Waals surface area contributed by atoms with Crippen molar-refractivity contribution in [2.45, 2.75) is 48.5 Å². The van der Waals surface area contributed by atoms with Crippen molar-refractivity contribution in [2.24, 2.45) is 0 Å². The molecule has 0 atom stereocenters. The molecule has 1 aromatic rings. The number of amides is 6. The molecular weight excluding hydrogens is 412 g/mol. The van der Waals surface area contributed by atoms with Crippen molar-refractivity contribution < 1.29 is 19.2 Å². The fourth-order valence-electron chi connectivity index (χ4n) is 1.49. The molecule has 0 saturated heterocycles. The highest BCUT2D eigenvalue weighted by molar-refractivity contribution is 8.03. The largest absolute Gasteiger partial charge is 0.336 e. The molecule has 0 aromatic carbocycles. The molecule has 1 aromatic heterocycles.